The Kier molecular flexibility index (Phi) is 3.86. The summed E-state index contributed by atoms with van der Waals surface area (Å²) >= 11 is 0. The third-order valence-corrected chi connectivity index (χ3v) is 3.93. The average Bonchev–Trinajstić information content (AvgIpc) is 2.53. The SMILES string of the molecule is O=C(O)c1ccc2c(c1)CCCN2CCc1cccnc1. The molecular weight excluding hydrogens is 264 g/mol. The minimum Gasteiger partial charge on any atom is -0.478 e. The lowest BCUT2D eigenvalue weighted by atomic mass is 9.98. The van der Waals surface area contributed by atoms with Crippen LogP contribution in [0.1, 0.15) is 27.9 Å². The first kappa shape index (κ1) is 13.6. The number of fused-ring (bicyclic) bond motifs is 1. The number of hydrogen-bond acceptors (Lipinski definition) is 3. The first-order valence-corrected chi connectivity index (χ1v) is 7.24. The molecule has 3 rings (SSSR count). The molecule has 4 heteroatoms. The Hall–Kier alpha value is -2.36. The summed E-state index contributed by atoms with van der Waals surface area (Å²) in [6.45, 7) is 1.96. The molecule has 4 nitrogen and oxygen atoms in total. The van der Waals surface area contributed by atoms with Crippen LogP contribution in [-0.4, -0.2) is 29.1 Å². The van der Waals surface area contributed by atoms with Crippen LogP contribution in [0.4, 0.5) is 5.69 Å². The highest BCUT2D eigenvalue weighted by molar-refractivity contribution is 5.88. The number of carboxylic acid groups (broad SMARTS) is 1. The summed E-state index contributed by atoms with van der Waals surface area (Å²) in [7, 11) is 0. The lowest BCUT2D eigenvalue weighted by Crippen LogP contribution is -2.31. The maximum Gasteiger partial charge on any atom is 0.335 e. The van der Waals surface area contributed by atoms with Crippen LogP contribution in [0, 0.1) is 0 Å². The highest BCUT2D eigenvalue weighted by atomic mass is 16.4. The van der Waals surface area contributed by atoms with Gasteiger partial charge in [0.25, 0.3) is 0 Å². The molecule has 0 unspecified atom stereocenters. The molecule has 0 fully saturated rings. The molecule has 1 aromatic carbocycles. The van der Waals surface area contributed by atoms with Gasteiger partial charge in [-0.25, -0.2) is 4.79 Å². The second-order valence-electron chi connectivity index (χ2n) is 5.35. The highest BCUT2D eigenvalue weighted by Crippen LogP contribution is 2.28. The van der Waals surface area contributed by atoms with E-state index in [4.69, 9.17) is 5.11 Å². The molecule has 1 aliphatic rings. The fourth-order valence-electron chi connectivity index (χ4n) is 2.85. The molecule has 1 aliphatic heterocycles. The van der Waals surface area contributed by atoms with E-state index in [1.165, 1.54) is 11.3 Å². The topological polar surface area (TPSA) is 53.4 Å². The molecule has 0 saturated heterocycles. The van der Waals surface area contributed by atoms with Crippen LogP contribution in [0.2, 0.25) is 0 Å². The van der Waals surface area contributed by atoms with Gasteiger partial charge in [0.05, 0.1) is 5.56 Å². The van der Waals surface area contributed by atoms with Crippen molar-refractivity contribution in [1.29, 1.82) is 0 Å². The van der Waals surface area contributed by atoms with Crippen LogP contribution in [0.25, 0.3) is 0 Å². The van der Waals surface area contributed by atoms with E-state index in [1.807, 2.05) is 24.4 Å². The number of anilines is 1. The summed E-state index contributed by atoms with van der Waals surface area (Å²) < 4.78 is 0. The van der Waals surface area contributed by atoms with Crippen LogP contribution in [0.5, 0.6) is 0 Å². The number of carbonyl (C=O) groups is 1. The summed E-state index contributed by atoms with van der Waals surface area (Å²) in [6, 6.07) is 9.50. The Morgan fingerprint density at radius 3 is 3.00 bits per heavy atom. The number of carboxylic acids is 1. The van der Waals surface area contributed by atoms with Crippen molar-refractivity contribution in [3.63, 3.8) is 0 Å². The smallest absolute Gasteiger partial charge is 0.335 e. The van der Waals surface area contributed by atoms with E-state index in [2.05, 4.69) is 16.0 Å². The molecule has 0 spiro atoms. The number of nitrogens with zero attached hydrogens (tertiary/aromatic N) is 2. The fourth-order valence-corrected chi connectivity index (χ4v) is 2.85. The summed E-state index contributed by atoms with van der Waals surface area (Å²) in [5, 5.41) is 9.08. The van der Waals surface area contributed by atoms with Gasteiger partial charge < -0.3 is 10.0 Å². The molecule has 1 aromatic heterocycles. The summed E-state index contributed by atoms with van der Waals surface area (Å²) in [4.78, 5) is 17.5. The summed E-state index contributed by atoms with van der Waals surface area (Å²) in [5.74, 6) is -0.856. The van der Waals surface area contributed by atoms with Gasteiger partial charge in [0.2, 0.25) is 0 Å². The van der Waals surface area contributed by atoms with Gasteiger partial charge in [-0.05, 0) is 54.7 Å². The van der Waals surface area contributed by atoms with E-state index in [-0.39, 0.29) is 0 Å². The molecule has 2 aromatic rings. The average molecular weight is 282 g/mol. The van der Waals surface area contributed by atoms with Gasteiger partial charge in [0.15, 0.2) is 0 Å². The zero-order valence-electron chi connectivity index (χ0n) is 11.8. The number of aryl methyl sites for hydroxylation is 1. The number of rotatable bonds is 4. The van der Waals surface area contributed by atoms with Gasteiger partial charge in [-0.15, -0.1) is 0 Å². The van der Waals surface area contributed by atoms with Crippen LogP contribution in [0.3, 0.4) is 0 Å². The number of benzene rings is 1. The highest BCUT2D eigenvalue weighted by Gasteiger charge is 2.18. The molecular formula is C17H18N2O2. The minimum atomic E-state index is -0.856. The minimum absolute atomic E-state index is 0.378. The molecule has 0 radical (unpaired) electrons. The van der Waals surface area contributed by atoms with E-state index >= 15 is 0 Å². The van der Waals surface area contributed by atoms with Crippen molar-refractivity contribution in [3.8, 4) is 0 Å². The lowest BCUT2D eigenvalue weighted by Gasteiger charge is -2.31. The normalized spacial score (nSPS) is 13.8. The van der Waals surface area contributed by atoms with Gasteiger partial charge in [-0.1, -0.05) is 6.07 Å². The quantitative estimate of drug-likeness (QED) is 0.937. The van der Waals surface area contributed by atoms with Gasteiger partial charge in [0.1, 0.15) is 0 Å². The van der Waals surface area contributed by atoms with Crippen LogP contribution in [-0.2, 0) is 12.8 Å². The second-order valence-corrected chi connectivity index (χ2v) is 5.35. The molecule has 21 heavy (non-hydrogen) atoms. The Morgan fingerprint density at radius 2 is 2.24 bits per heavy atom. The van der Waals surface area contributed by atoms with E-state index in [1.54, 1.807) is 12.3 Å². The van der Waals surface area contributed by atoms with Crippen molar-refractivity contribution in [2.45, 2.75) is 19.3 Å². The maximum absolute atomic E-state index is 11.1. The molecule has 0 saturated carbocycles. The monoisotopic (exact) mass is 282 g/mol. The van der Waals surface area contributed by atoms with Crippen molar-refractivity contribution in [1.82, 2.24) is 4.98 Å². The summed E-state index contributed by atoms with van der Waals surface area (Å²) in [5.41, 5.74) is 3.93. The van der Waals surface area contributed by atoms with Crippen LogP contribution in [0.15, 0.2) is 42.7 Å². The largest absolute Gasteiger partial charge is 0.478 e. The first-order valence-electron chi connectivity index (χ1n) is 7.24. The lowest BCUT2D eigenvalue weighted by molar-refractivity contribution is 0.0697. The maximum atomic E-state index is 11.1. The van der Waals surface area contributed by atoms with Crippen molar-refractivity contribution >= 4 is 11.7 Å². The zero-order chi connectivity index (χ0) is 14.7. The molecule has 0 bridgehead atoms. The molecule has 2 heterocycles. The van der Waals surface area contributed by atoms with Gasteiger partial charge >= 0.3 is 5.97 Å². The molecule has 0 atom stereocenters. The van der Waals surface area contributed by atoms with E-state index in [0.29, 0.717) is 5.56 Å². The van der Waals surface area contributed by atoms with Crippen molar-refractivity contribution in [2.24, 2.45) is 0 Å². The Labute approximate surface area is 124 Å². The fraction of sp³-hybridized carbons (Fsp3) is 0.294. The van der Waals surface area contributed by atoms with E-state index in [9.17, 15) is 4.79 Å². The zero-order valence-corrected chi connectivity index (χ0v) is 11.8. The van der Waals surface area contributed by atoms with E-state index < -0.39 is 5.97 Å². The third-order valence-electron chi connectivity index (χ3n) is 3.93. The first-order chi connectivity index (χ1) is 10.2. The predicted molar refractivity (Wildman–Crippen MR) is 81.9 cm³/mol. The number of aromatic nitrogens is 1. The number of aromatic carboxylic acids is 1. The second kappa shape index (κ2) is 5.95. The predicted octanol–water partition coefficient (Wildman–Crippen LogP) is 2.78. The van der Waals surface area contributed by atoms with Crippen molar-refractivity contribution in [3.05, 3.63) is 59.4 Å². The number of hydrogen-bond donors (Lipinski definition) is 1. The Bertz CT molecular complexity index is 640. The number of pyridine rings is 1. The van der Waals surface area contributed by atoms with Gasteiger partial charge in [-0.3, -0.25) is 4.98 Å². The Morgan fingerprint density at radius 1 is 1.33 bits per heavy atom. The third kappa shape index (κ3) is 3.05. The summed E-state index contributed by atoms with van der Waals surface area (Å²) in [6.07, 6.45) is 6.67. The van der Waals surface area contributed by atoms with Crippen LogP contribution < -0.4 is 4.90 Å². The Balaban J connectivity index is 1.76. The molecule has 0 aliphatic carbocycles. The van der Waals surface area contributed by atoms with Crippen molar-refractivity contribution in [2.75, 3.05) is 18.0 Å². The van der Waals surface area contributed by atoms with Crippen molar-refractivity contribution < 1.29 is 9.90 Å². The molecule has 108 valence electrons. The standard InChI is InChI=1S/C17H18N2O2/c20-17(21)15-5-6-16-14(11-15)4-2-9-19(16)10-7-13-3-1-8-18-12-13/h1,3,5-6,8,11-12H,2,4,7,9-10H2,(H,20,21). The van der Waals surface area contributed by atoms with Crippen LogP contribution >= 0.6 is 0 Å². The van der Waals surface area contributed by atoms with Gasteiger partial charge in [0, 0.05) is 31.2 Å². The van der Waals surface area contributed by atoms with E-state index in [0.717, 1.165) is 37.9 Å². The molecule has 0 amide bonds. The van der Waals surface area contributed by atoms with Gasteiger partial charge in [-0.2, -0.15) is 0 Å². The molecule has 1 N–H and O–H groups in total.